The average Bonchev–Trinajstić information content (AvgIpc) is 2.80. The summed E-state index contributed by atoms with van der Waals surface area (Å²) in [6.45, 7) is 1.81. The minimum Gasteiger partial charge on any atom is -0.497 e. The van der Waals surface area contributed by atoms with Crippen molar-refractivity contribution in [1.82, 2.24) is 19.7 Å². The summed E-state index contributed by atoms with van der Waals surface area (Å²) >= 11 is 0. The topological polar surface area (TPSA) is 69.2 Å². The maximum absolute atomic E-state index is 6.06. The van der Waals surface area contributed by atoms with E-state index in [2.05, 4.69) is 24.1 Å². The normalized spacial score (nSPS) is 11.6. The molecule has 3 rings (SSSR count). The number of hydrogen-bond donors (Lipinski definition) is 1. The van der Waals surface area contributed by atoms with Gasteiger partial charge >= 0.3 is 0 Å². The lowest BCUT2D eigenvalue weighted by atomic mass is 10.2. The highest BCUT2D eigenvalue weighted by atomic mass is 16.5. The van der Waals surface area contributed by atoms with Crippen LogP contribution >= 0.6 is 0 Å². The number of pyridine rings is 1. The van der Waals surface area contributed by atoms with Gasteiger partial charge in [0.2, 0.25) is 0 Å². The van der Waals surface area contributed by atoms with Crippen molar-refractivity contribution in [1.29, 1.82) is 0 Å². The third kappa shape index (κ3) is 2.69. The second-order valence-electron chi connectivity index (χ2n) is 5.68. The van der Waals surface area contributed by atoms with E-state index in [0.717, 1.165) is 47.2 Å². The van der Waals surface area contributed by atoms with Crippen LogP contribution in [0.2, 0.25) is 0 Å². The Kier molecular flexibility index (Phi) is 3.85. The van der Waals surface area contributed by atoms with Crippen molar-refractivity contribution in [2.24, 2.45) is 0 Å². The molecule has 2 heterocycles. The molecule has 0 unspecified atom stereocenters. The maximum Gasteiger partial charge on any atom is 0.160 e. The van der Waals surface area contributed by atoms with Crippen molar-refractivity contribution in [3.63, 3.8) is 0 Å². The van der Waals surface area contributed by atoms with Crippen LogP contribution in [-0.2, 0) is 6.54 Å². The fraction of sp³-hybridized carbons (Fsp3) is 0.375. The Morgan fingerprint density at radius 2 is 2.09 bits per heavy atom. The summed E-state index contributed by atoms with van der Waals surface area (Å²) in [5.74, 6) is 1.34. The Morgan fingerprint density at radius 1 is 1.27 bits per heavy atom. The molecule has 22 heavy (non-hydrogen) atoms. The van der Waals surface area contributed by atoms with Crippen LogP contribution in [0.15, 0.2) is 24.3 Å². The molecule has 0 saturated heterocycles. The Labute approximate surface area is 129 Å². The van der Waals surface area contributed by atoms with Gasteiger partial charge in [-0.2, -0.15) is 5.10 Å². The molecule has 0 aliphatic heterocycles. The molecule has 0 amide bonds. The molecule has 0 saturated carbocycles. The first kappa shape index (κ1) is 14.6. The van der Waals surface area contributed by atoms with Gasteiger partial charge in [-0.05, 0) is 51.3 Å². The number of rotatable bonds is 5. The fourth-order valence-electron chi connectivity index (χ4n) is 2.58. The number of aryl methyl sites for hydroxylation is 1. The van der Waals surface area contributed by atoms with Gasteiger partial charge in [0.1, 0.15) is 5.75 Å². The van der Waals surface area contributed by atoms with Gasteiger partial charge in [0.25, 0.3) is 0 Å². The molecular weight excluding hydrogens is 278 g/mol. The molecule has 6 heteroatoms. The number of nitrogens with two attached hydrogens (primary N) is 1. The van der Waals surface area contributed by atoms with E-state index in [0.29, 0.717) is 5.82 Å². The van der Waals surface area contributed by atoms with Crippen LogP contribution < -0.4 is 10.5 Å². The lowest BCUT2D eigenvalue weighted by molar-refractivity contribution is 0.382. The van der Waals surface area contributed by atoms with Gasteiger partial charge in [-0.25, -0.2) is 9.67 Å². The third-order valence-corrected chi connectivity index (χ3v) is 3.73. The molecule has 2 aromatic heterocycles. The molecule has 2 N–H and O–H groups in total. The number of methoxy groups -OCH3 is 1. The lowest BCUT2D eigenvalue weighted by Crippen LogP contribution is -2.15. The van der Waals surface area contributed by atoms with Gasteiger partial charge in [-0.3, -0.25) is 0 Å². The average molecular weight is 299 g/mol. The van der Waals surface area contributed by atoms with Crippen LogP contribution in [0.5, 0.6) is 5.75 Å². The minimum atomic E-state index is 0.525. The van der Waals surface area contributed by atoms with Gasteiger partial charge < -0.3 is 15.4 Å². The zero-order valence-electron chi connectivity index (χ0n) is 13.2. The van der Waals surface area contributed by atoms with Gasteiger partial charge in [0, 0.05) is 11.9 Å². The molecule has 0 spiro atoms. The summed E-state index contributed by atoms with van der Waals surface area (Å²) in [7, 11) is 5.79. The largest absolute Gasteiger partial charge is 0.497 e. The molecule has 1 aromatic carbocycles. The first-order valence-electron chi connectivity index (χ1n) is 7.34. The zero-order valence-corrected chi connectivity index (χ0v) is 13.2. The Morgan fingerprint density at radius 3 is 2.82 bits per heavy atom. The minimum absolute atomic E-state index is 0.525. The zero-order chi connectivity index (χ0) is 15.7. The number of aromatic nitrogens is 3. The molecule has 3 aromatic rings. The molecule has 0 aliphatic rings. The maximum atomic E-state index is 6.06. The summed E-state index contributed by atoms with van der Waals surface area (Å²) < 4.78 is 7.16. The van der Waals surface area contributed by atoms with Gasteiger partial charge in [-0.1, -0.05) is 0 Å². The summed E-state index contributed by atoms with van der Waals surface area (Å²) in [5, 5.41) is 6.33. The molecule has 0 fully saturated rings. The SMILES string of the molecule is COc1ccc2nc3c(cc2c1)c(N)nn3CCCN(C)C. The van der Waals surface area contributed by atoms with Crippen LogP contribution in [0.1, 0.15) is 6.42 Å². The Bertz CT molecular complexity index is 809. The summed E-state index contributed by atoms with van der Waals surface area (Å²) in [4.78, 5) is 6.88. The van der Waals surface area contributed by atoms with E-state index in [9.17, 15) is 0 Å². The van der Waals surface area contributed by atoms with Crippen molar-refractivity contribution >= 4 is 27.8 Å². The van der Waals surface area contributed by atoms with Crippen molar-refractivity contribution in [2.45, 2.75) is 13.0 Å². The van der Waals surface area contributed by atoms with Gasteiger partial charge in [0.05, 0.1) is 18.0 Å². The summed E-state index contributed by atoms with van der Waals surface area (Å²) in [5.41, 5.74) is 7.82. The van der Waals surface area contributed by atoms with E-state index >= 15 is 0 Å². The highest BCUT2D eigenvalue weighted by molar-refractivity contribution is 5.96. The lowest BCUT2D eigenvalue weighted by Gasteiger charge is -2.09. The smallest absolute Gasteiger partial charge is 0.160 e. The van der Waals surface area contributed by atoms with Crippen molar-refractivity contribution in [3.8, 4) is 5.75 Å². The number of fused-ring (bicyclic) bond motifs is 2. The summed E-state index contributed by atoms with van der Waals surface area (Å²) in [6, 6.07) is 7.87. The van der Waals surface area contributed by atoms with E-state index in [1.807, 2.05) is 28.9 Å². The van der Waals surface area contributed by atoms with Crippen molar-refractivity contribution in [2.75, 3.05) is 33.5 Å². The van der Waals surface area contributed by atoms with Crippen LogP contribution in [0.25, 0.3) is 21.9 Å². The monoisotopic (exact) mass is 299 g/mol. The second kappa shape index (κ2) is 5.81. The predicted molar refractivity (Wildman–Crippen MR) is 89.2 cm³/mol. The van der Waals surface area contributed by atoms with Crippen LogP contribution in [0, 0.1) is 0 Å². The molecule has 0 radical (unpaired) electrons. The van der Waals surface area contributed by atoms with Gasteiger partial charge in [0.15, 0.2) is 11.5 Å². The van der Waals surface area contributed by atoms with Gasteiger partial charge in [-0.15, -0.1) is 0 Å². The number of benzene rings is 1. The first-order chi connectivity index (χ1) is 10.6. The molecule has 0 aliphatic carbocycles. The number of nitrogen functional groups attached to an aromatic ring is 1. The Hall–Kier alpha value is -2.34. The van der Waals surface area contributed by atoms with E-state index in [1.165, 1.54) is 0 Å². The van der Waals surface area contributed by atoms with Crippen molar-refractivity contribution < 1.29 is 4.74 Å². The van der Waals surface area contributed by atoms with Crippen LogP contribution in [-0.4, -0.2) is 47.4 Å². The highest BCUT2D eigenvalue weighted by Crippen LogP contribution is 2.26. The molecule has 0 atom stereocenters. The first-order valence-corrected chi connectivity index (χ1v) is 7.34. The molecule has 116 valence electrons. The standard InChI is InChI=1S/C16H21N5O/c1-20(2)7-4-8-21-16-13(15(17)19-21)10-11-9-12(22-3)5-6-14(11)18-16/h5-6,9-10H,4,7-8H2,1-3H3,(H2,17,19). The quantitative estimate of drug-likeness (QED) is 0.781. The molecule has 0 bridgehead atoms. The summed E-state index contributed by atoms with van der Waals surface area (Å²) in [6.07, 6.45) is 1.01. The van der Waals surface area contributed by atoms with E-state index in [1.54, 1.807) is 7.11 Å². The van der Waals surface area contributed by atoms with E-state index in [-0.39, 0.29) is 0 Å². The molecular formula is C16H21N5O. The van der Waals surface area contributed by atoms with E-state index < -0.39 is 0 Å². The van der Waals surface area contributed by atoms with Crippen molar-refractivity contribution in [3.05, 3.63) is 24.3 Å². The predicted octanol–water partition coefficient (Wildman–Crippen LogP) is 2.13. The van der Waals surface area contributed by atoms with E-state index in [4.69, 9.17) is 15.5 Å². The third-order valence-electron chi connectivity index (χ3n) is 3.73. The number of nitrogens with zero attached hydrogens (tertiary/aromatic N) is 4. The number of anilines is 1. The van der Waals surface area contributed by atoms with Crippen LogP contribution in [0.3, 0.4) is 0 Å². The fourth-order valence-corrected chi connectivity index (χ4v) is 2.58. The molecule has 6 nitrogen and oxygen atoms in total. The second-order valence-corrected chi connectivity index (χ2v) is 5.68. The Balaban J connectivity index is 2.03. The number of ether oxygens (including phenoxy) is 1. The van der Waals surface area contributed by atoms with Crippen LogP contribution in [0.4, 0.5) is 5.82 Å². The highest BCUT2D eigenvalue weighted by Gasteiger charge is 2.11. The number of hydrogen-bond acceptors (Lipinski definition) is 5.